The second-order valence-corrected chi connectivity index (χ2v) is 3.20. The Kier molecular flexibility index (Phi) is 3.93. The molecule has 0 spiro atoms. The van der Waals surface area contributed by atoms with Gasteiger partial charge in [0.25, 0.3) is 0 Å². The van der Waals surface area contributed by atoms with E-state index in [4.69, 9.17) is 6.42 Å². The molecule has 0 aliphatic carbocycles. The molecule has 1 heterocycles. The number of nitrogens with one attached hydrogen (secondary N) is 1. The number of rotatable bonds is 4. The summed E-state index contributed by atoms with van der Waals surface area (Å²) in [5.74, 6) is 3.50. The predicted molar refractivity (Wildman–Crippen MR) is 57.9 cm³/mol. The van der Waals surface area contributed by atoms with E-state index < -0.39 is 0 Å². The molecule has 0 saturated heterocycles. The van der Waals surface area contributed by atoms with Gasteiger partial charge in [-0.3, -0.25) is 0 Å². The molecule has 0 amide bonds. The number of hydrogen-bond donors (Lipinski definition) is 1. The van der Waals surface area contributed by atoms with E-state index in [2.05, 4.69) is 28.1 Å². The molecule has 74 valence electrons. The van der Waals surface area contributed by atoms with Gasteiger partial charge in [0.1, 0.15) is 12.1 Å². The molecular weight excluding hydrogens is 174 g/mol. The van der Waals surface area contributed by atoms with Gasteiger partial charge < -0.3 is 5.32 Å². The molecule has 0 aromatic carbocycles. The maximum absolute atomic E-state index is 5.39. The lowest BCUT2D eigenvalue weighted by Crippen LogP contribution is -2.17. The molecule has 0 saturated carbocycles. The molecule has 1 unspecified atom stereocenters. The van der Waals surface area contributed by atoms with Crippen LogP contribution < -0.4 is 5.32 Å². The third-order valence-electron chi connectivity index (χ3n) is 1.90. The Labute approximate surface area is 85.0 Å². The van der Waals surface area contributed by atoms with Crippen molar-refractivity contribution in [3.8, 4) is 12.3 Å². The van der Waals surface area contributed by atoms with Gasteiger partial charge in [0.05, 0.1) is 6.04 Å². The van der Waals surface area contributed by atoms with Gasteiger partial charge in [0, 0.05) is 11.8 Å². The van der Waals surface area contributed by atoms with Crippen LogP contribution in [0.3, 0.4) is 0 Å². The van der Waals surface area contributed by atoms with E-state index in [0.29, 0.717) is 0 Å². The number of terminal acetylenes is 1. The SMILES string of the molecule is C#CC(CCC)Nc1cc(C)ncn1. The molecular formula is C11H15N3. The summed E-state index contributed by atoms with van der Waals surface area (Å²) in [5, 5.41) is 3.18. The topological polar surface area (TPSA) is 37.8 Å². The van der Waals surface area contributed by atoms with Crippen molar-refractivity contribution in [1.29, 1.82) is 0 Å². The largest absolute Gasteiger partial charge is 0.356 e. The highest BCUT2D eigenvalue weighted by molar-refractivity contribution is 5.37. The Hall–Kier alpha value is -1.56. The van der Waals surface area contributed by atoms with Gasteiger partial charge in [-0.05, 0) is 13.3 Å². The Morgan fingerprint density at radius 1 is 1.57 bits per heavy atom. The molecule has 1 aromatic rings. The Morgan fingerprint density at radius 3 is 2.93 bits per heavy atom. The van der Waals surface area contributed by atoms with Gasteiger partial charge >= 0.3 is 0 Å². The highest BCUT2D eigenvalue weighted by Gasteiger charge is 2.03. The second kappa shape index (κ2) is 5.23. The summed E-state index contributed by atoms with van der Waals surface area (Å²) in [4.78, 5) is 8.11. The highest BCUT2D eigenvalue weighted by Crippen LogP contribution is 2.07. The van der Waals surface area contributed by atoms with Crippen LogP contribution in [0, 0.1) is 19.3 Å². The van der Waals surface area contributed by atoms with Crippen LogP contribution in [0.2, 0.25) is 0 Å². The van der Waals surface area contributed by atoms with Crippen molar-refractivity contribution in [2.75, 3.05) is 5.32 Å². The Balaban J connectivity index is 2.63. The van der Waals surface area contributed by atoms with Gasteiger partial charge in [-0.25, -0.2) is 9.97 Å². The van der Waals surface area contributed by atoms with Crippen molar-refractivity contribution in [2.45, 2.75) is 32.7 Å². The zero-order chi connectivity index (χ0) is 10.4. The first kappa shape index (κ1) is 10.5. The van der Waals surface area contributed by atoms with Crippen LogP contribution >= 0.6 is 0 Å². The van der Waals surface area contributed by atoms with Gasteiger partial charge in [0.15, 0.2) is 0 Å². The molecule has 1 rings (SSSR count). The standard InChI is InChI=1S/C11H15N3/c1-4-6-10(5-2)14-11-7-9(3)12-8-13-11/h2,7-8,10H,4,6H2,1,3H3,(H,12,13,14). The van der Waals surface area contributed by atoms with Crippen LogP contribution in [0.5, 0.6) is 0 Å². The maximum Gasteiger partial charge on any atom is 0.130 e. The summed E-state index contributed by atoms with van der Waals surface area (Å²) in [6, 6.07) is 1.95. The van der Waals surface area contributed by atoms with E-state index >= 15 is 0 Å². The van der Waals surface area contributed by atoms with E-state index in [1.807, 2.05) is 13.0 Å². The van der Waals surface area contributed by atoms with Crippen molar-refractivity contribution >= 4 is 5.82 Å². The number of anilines is 1. The van der Waals surface area contributed by atoms with Gasteiger partial charge in [-0.1, -0.05) is 19.3 Å². The normalized spacial score (nSPS) is 11.8. The maximum atomic E-state index is 5.39. The summed E-state index contributed by atoms with van der Waals surface area (Å²) in [6.07, 6.45) is 8.95. The first-order valence-corrected chi connectivity index (χ1v) is 4.77. The number of aryl methyl sites for hydroxylation is 1. The number of hydrogen-bond acceptors (Lipinski definition) is 3. The average Bonchev–Trinajstić information content (AvgIpc) is 2.17. The summed E-state index contributed by atoms with van der Waals surface area (Å²) in [5.41, 5.74) is 0.940. The van der Waals surface area contributed by atoms with E-state index in [1.165, 1.54) is 6.33 Å². The third kappa shape index (κ3) is 3.06. The molecule has 14 heavy (non-hydrogen) atoms. The highest BCUT2D eigenvalue weighted by atomic mass is 15.0. The molecule has 1 atom stereocenters. The monoisotopic (exact) mass is 189 g/mol. The lowest BCUT2D eigenvalue weighted by molar-refractivity contribution is 0.751. The summed E-state index contributed by atoms with van der Waals surface area (Å²) in [7, 11) is 0. The second-order valence-electron chi connectivity index (χ2n) is 3.20. The number of aromatic nitrogens is 2. The quantitative estimate of drug-likeness (QED) is 0.736. The third-order valence-corrected chi connectivity index (χ3v) is 1.90. The molecule has 3 heteroatoms. The first-order valence-electron chi connectivity index (χ1n) is 4.77. The van der Waals surface area contributed by atoms with Gasteiger partial charge in [-0.15, -0.1) is 6.42 Å². The smallest absolute Gasteiger partial charge is 0.130 e. The summed E-state index contributed by atoms with van der Waals surface area (Å²) in [6.45, 7) is 4.04. The van der Waals surface area contributed by atoms with Crippen molar-refractivity contribution in [2.24, 2.45) is 0 Å². The lowest BCUT2D eigenvalue weighted by Gasteiger charge is -2.12. The molecule has 3 nitrogen and oxygen atoms in total. The molecule has 0 radical (unpaired) electrons. The number of nitrogens with zero attached hydrogens (tertiary/aromatic N) is 2. The molecule has 1 N–H and O–H groups in total. The minimum absolute atomic E-state index is 0.0642. The average molecular weight is 189 g/mol. The van der Waals surface area contributed by atoms with Crippen LogP contribution in [0.15, 0.2) is 12.4 Å². The predicted octanol–water partition coefficient (Wildman–Crippen LogP) is 2.00. The van der Waals surface area contributed by atoms with E-state index in [1.54, 1.807) is 0 Å². The zero-order valence-corrected chi connectivity index (χ0v) is 8.62. The fraction of sp³-hybridized carbons (Fsp3) is 0.455. The summed E-state index contributed by atoms with van der Waals surface area (Å²) < 4.78 is 0. The molecule has 0 aliphatic rings. The minimum Gasteiger partial charge on any atom is -0.356 e. The molecule has 0 bridgehead atoms. The van der Waals surface area contributed by atoms with Crippen molar-refractivity contribution in [3.63, 3.8) is 0 Å². The van der Waals surface area contributed by atoms with Crippen molar-refractivity contribution in [3.05, 3.63) is 18.1 Å². The molecule has 0 fully saturated rings. The minimum atomic E-state index is 0.0642. The molecule has 0 aliphatic heterocycles. The van der Waals surface area contributed by atoms with Crippen LogP contribution in [-0.4, -0.2) is 16.0 Å². The van der Waals surface area contributed by atoms with Gasteiger partial charge in [-0.2, -0.15) is 0 Å². The van der Waals surface area contributed by atoms with E-state index in [9.17, 15) is 0 Å². The van der Waals surface area contributed by atoms with Crippen molar-refractivity contribution < 1.29 is 0 Å². The van der Waals surface area contributed by atoms with Gasteiger partial charge in [0.2, 0.25) is 0 Å². The lowest BCUT2D eigenvalue weighted by atomic mass is 10.2. The summed E-state index contributed by atoms with van der Waals surface area (Å²) >= 11 is 0. The Bertz CT molecular complexity index is 328. The fourth-order valence-electron chi connectivity index (χ4n) is 1.20. The first-order chi connectivity index (χ1) is 6.76. The van der Waals surface area contributed by atoms with Crippen LogP contribution in [0.1, 0.15) is 25.5 Å². The molecule has 1 aromatic heterocycles. The van der Waals surface area contributed by atoms with E-state index in [-0.39, 0.29) is 6.04 Å². The Morgan fingerprint density at radius 2 is 2.36 bits per heavy atom. The van der Waals surface area contributed by atoms with Crippen LogP contribution in [0.25, 0.3) is 0 Å². The van der Waals surface area contributed by atoms with Crippen molar-refractivity contribution in [1.82, 2.24) is 9.97 Å². The fourth-order valence-corrected chi connectivity index (χ4v) is 1.20. The van der Waals surface area contributed by atoms with Crippen LogP contribution in [-0.2, 0) is 0 Å². The van der Waals surface area contributed by atoms with E-state index in [0.717, 1.165) is 24.4 Å². The van der Waals surface area contributed by atoms with Crippen LogP contribution in [0.4, 0.5) is 5.82 Å². The zero-order valence-electron chi connectivity index (χ0n) is 8.62.